The van der Waals surface area contributed by atoms with Gasteiger partial charge in [0.1, 0.15) is 12.6 Å². The molecule has 1 N–H and O–H groups in total. The first-order valence-corrected chi connectivity index (χ1v) is 13.9. The number of hydrogen-bond acceptors (Lipinski definition) is 6. The standard InChI is InChI=1S/C24H22ClN5O4S2.H2/c1-16(29-11-9-17-3-2-4-20(25)22(17)29)23(32)28-12-13-30(21(31)15-28)18-5-7-19(8-6-18)36(33,34)27-24-26-10-14-35-24;/h2-11,14,16H,12-13,15H2,1H3,(H,26,27);1H. The third kappa shape index (κ3) is 4.57. The molecule has 0 spiro atoms. The monoisotopic (exact) mass is 545 g/mol. The van der Waals surface area contributed by atoms with E-state index < -0.39 is 16.1 Å². The summed E-state index contributed by atoms with van der Waals surface area (Å²) in [6, 6.07) is 13.0. The number of piperazine rings is 1. The van der Waals surface area contributed by atoms with Crippen LogP contribution in [-0.4, -0.2) is 54.3 Å². The summed E-state index contributed by atoms with van der Waals surface area (Å²) in [6.45, 7) is 2.38. The van der Waals surface area contributed by atoms with Gasteiger partial charge in [-0.1, -0.05) is 23.7 Å². The van der Waals surface area contributed by atoms with Gasteiger partial charge in [0.2, 0.25) is 11.8 Å². The molecule has 3 heterocycles. The number of benzene rings is 2. The van der Waals surface area contributed by atoms with Crippen LogP contribution in [0.3, 0.4) is 0 Å². The number of halogens is 1. The molecule has 12 heteroatoms. The van der Waals surface area contributed by atoms with E-state index in [2.05, 4.69) is 9.71 Å². The number of carbonyl (C=O) groups is 2. The lowest BCUT2D eigenvalue weighted by molar-refractivity contribution is -0.139. The van der Waals surface area contributed by atoms with Crippen LogP contribution in [0.4, 0.5) is 10.8 Å². The fraction of sp³-hybridized carbons (Fsp3) is 0.208. The molecule has 1 fully saturated rings. The van der Waals surface area contributed by atoms with Gasteiger partial charge in [0.25, 0.3) is 10.0 Å². The van der Waals surface area contributed by atoms with Crippen LogP contribution in [0.15, 0.2) is 71.2 Å². The van der Waals surface area contributed by atoms with Gasteiger partial charge >= 0.3 is 0 Å². The molecule has 1 saturated heterocycles. The highest BCUT2D eigenvalue weighted by Crippen LogP contribution is 2.29. The van der Waals surface area contributed by atoms with Crippen molar-refractivity contribution in [2.24, 2.45) is 0 Å². The number of amides is 2. The fourth-order valence-corrected chi connectivity index (χ4v) is 6.34. The lowest BCUT2D eigenvalue weighted by atomic mass is 10.2. The number of carbonyl (C=O) groups excluding carboxylic acids is 2. The zero-order valence-electron chi connectivity index (χ0n) is 19.2. The molecule has 5 rings (SSSR count). The van der Waals surface area contributed by atoms with Gasteiger partial charge in [-0.25, -0.2) is 13.4 Å². The Bertz CT molecular complexity index is 1540. The van der Waals surface area contributed by atoms with Crippen LogP contribution in [0.25, 0.3) is 10.9 Å². The number of sulfonamides is 1. The van der Waals surface area contributed by atoms with Crippen LogP contribution in [0.2, 0.25) is 5.02 Å². The van der Waals surface area contributed by atoms with Crippen LogP contribution in [0.5, 0.6) is 0 Å². The number of aromatic nitrogens is 2. The smallest absolute Gasteiger partial charge is 0.263 e. The maximum atomic E-state index is 13.2. The molecule has 0 aliphatic carbocycles. The van der Waals surface area contributed by atoms with Crippen molar-refractivity contribution >= 4 is 66.5 Å². The van der Waals surface area contributed by atoms with E-state index in [0.29, 0.717) is 23.8 Å². The van der Waals surface area contributed by atoms with Crippen LogP contribution in [0, 0.1) is 0 Å². The highest BCUT2D eigenvalue weighted by molar-refractivity contribution is 7.93. The first kappa shape index (κ1) is 24.3. The molecule has 4 aromatic rings. The minimum Gasteiger partial charge on any atom is -0.334 e. The van der Waals surface area contributed by atoms with E-state index in [1.807, 2.05) is 29.0 Å². The molecular weight excluding hydrogens is 522 g/mol. The number of fused-ring (bicyclic) bond motifs is 1. The molecule has 1 aliphatic rings. The van der Waals surface area contributed by atoms with Gasteiger partial charge in [-0.05, 0) is 43.3 Å². The third-order valence-corrected chi connectivity index (χ3v) is 8.59. The number of nitrogens with one attached hydrogen (secondary N) is 1. The van der Waals surface area contributed by atoms with Crippen LogP contribution in [-0.2, 0) is 19.6 Å². The van der Waals surface area contributed by atoms with Crippen molar-refractivity contribution in [1.82, 2.24) is 14.5 Å². The van der Waals surface area contributed by atoms with Crippen LogP contribution >= 0.6 is 22.9 Å². The summed E-state index contributed by atoms with van der Waals surface area (Å²) in [4.78, 5) is 33.3. The molecule has 1 aliphatic heterocycles. The van der Waals surface area contributed by atoms with Crippen molar-refractivity contribution in [2.75, 3.05) is 29.3 Å². The molecule has 36 heavy (non-hydrogen) atoms. The minimum atomic E-state index is -3.78. The second kappa shape index (κ2) is 9.57. The van der Waals surface area contributed by atoms with E-state index >= 15 is 0 Å². The Balaban J connectivity index is 0.00000320. The van der Waals surface area contributed by atoms with Gasteiger partial charge < -0.3 is 14.4 Å². The second-order valence-corrected chi connectivity index (χ2v) is 11.3. The summed E-state index contributed by atoms with van der Waals surface area (Å²) in [5.74, 6) is -0.413. The minimum absolute atomic E-state index is 0. The van der Waals surface area contributed by atoms with E-state index in [1.54, 1.807) is 40.3 Å². The predicted octanol–water partition coefficient (Wildman–Crippen LogP) is 4.23. The van der Waals surface area contributed by atoms with Crippen LogP contribution in [0.1, 0.15) is 14.4 Å². The molecule has 0 bridgehead atoms. The Morgan fingerprint density at radius 1 is 1.17 bits per heavy atom. The Labute approximate surface area is 218 Å². The third-order valence-electron chi connectivity index (χ3n) is 6.11. The molecule has 9 nitrogen and oxygen atoms in total. The lowest BCUT2D eigenvalue weighted by Gasteiger charge is -2.35. The Morgan fingerprint density at radius 2 is 1.94 bits per heavy atom. The summed E-state index contributed by atoms with van der Waals surface area (Å²) in [5, 5.41) is 3.45. The second-order valence-electron chi connectivity index (χ2n) is 8.32. The Morgan fingerprint density at radius 3 is 2.64 bits per heavy atom. The number of anilines is 2. The zero-order valence-corrected chi connectivity index (χ0v) is 21.6. The SMILES string of the molecule is CC(C(=O)N1CCN(c2ccc(S(=O)(=O)Nc3nccs3)cc2)C(=O)C1)n1ccc2cccc(Cl)c21.[HH]. The Kier molecular flexibility index (Phi) is 6.45. The lowest BCUT2D eigenvalue weighted by Crippen LogP contribution is -2.53. The summed E-state index contributed by atoms with van der Waals surface area (Å²) >= 11 is 7.55. The molecule has 1 unspecified atom stereocenters. The maximum absolute atomic E-state index is 13.2. The largest absolute Gasteiger partial charge is 0.334 e. The van der Waals surface area contributed by atoms with E-state index in [-0.39, 0.29) is 29.8 Å². The molecule has 188 valence electrons. The highest BCUT2D eigenvalue weighted by Gasteiger charge is 2.31. The van der Waals surface area contributed by atoms with Crippen LogP contribution < -0.4 is 9.62 Å². The number of thiazole rings is 1. The zero-order chi connectivity index (χ0) is 25.4. The first-order valence-electron chi connectivity index (χ1n) is 11.1. The average molecular weight is 546 g/mol. The molecule has 0 radical (unpaired) electrons. The van der Waals surface area contributed by atoms with Crippen molar-refractivity contribution in [3.63, 3.8) is 0 Å². The van der Waals surface area contributed by atoms with Gasteiger partial charge in [-0.3, -0.25) is 14.3 Å². The molecule has 2 amide bonds. The van der Waals surface area contributed by atoms with E-state index in [4.69, 9.17) is 11.6 Å². The Hall–Kier alpha value is -3.41. The summed E-state index contributed by atoms with van der Waals surface area (Å²) in [5.41, 5.74) is 1.35. The van der Waals surface area contributed by atoms with Gasteiger partial charge in [0.15, 0.2) is 5.13 Å². The number of para-hydroxylation sites is 1. The summed E-state index contributed by atoms with van der Waals surface area (Å²) in [7, 11) is -3.78. The number of nitrogens with zero attached hydrogens (tertiary/aromatic N) is 4. The normalized spacial score (nSPS) is 15.3. The quantitative estimate of drug-likeness (QED) is 0.390. The van der Waals surface area contributed by atoms with E-state index in [0.717, 1.165) is 10.9 Å². The van der Waals surface area contributed by atoms with Crippen molar-refractivity contribution in [2.45, 2.75) is 17.9 Å². The first-order chi connectivity index (χ1) is 17.2. The fourth-order valence-electron chi connectivity index (χ4n) is 4.27. The maximum Gasteiger partial charge on any atom is 0.263 e. The molecule has 1 atom stereocenters. The summed E-state index contributed by atoms with van der Waals surface area (Å²) < 4.78 is 29.4. The molecule has 2 aromatic heterocycles. The van der Waals surface area contributed by atoms with Gasteiger partial charge in [-0.15, -0.1) is 11.3 Å². The topological polar surface area (TPSA) is 105 Å². The van der Waals surface area contributed by atoms with Crippen molar-refractivity contribution in [3.05, 3.63) is 71.3 Å². The van der Waals surface area contributed by atoms with Gasteiger partial charge in [-0.2, -0.15) is 0 Å². The highest BCUT2D eigenvalue weighted by atomic mass is 35.5. The molecule has 2 aromatic carbocycles. The predicted molar refractivity (Wildman–Crippen MR) is 142 cm³/mol. The molecule has 0 saturated carbocycles. The van der Waals surface area contributed by atoms with E-state index in [9.17, 15) is 18.0 Å². The average Bonchev–Trinajstić information content (AvgIpc) is 3.53. The van der Waals surface area contributed by atoms with Crippen molar-refractivity contribution in [1.29, 1.82) is 0 Å². The van der Waals surface area contributed by atoms with Gasteiger partial charge in [0, 0.05) is 43.4 Å². The van der Waals surface area contributed by atoms with Crippen molar-refractivity contribution < 1.29 is 19.4 Å². The molecular formula is C24H24ClN5O4S2. The van der Waals surface area contributed by atoms with Gasteiger partial charge in [0.05, 0.1) is 15.4 Å². The van der Waals surface area contributed by atoms with E-state index in [1.165, 1.54) is 29.7 Å². The number of hydrogen-bond donors (Lipinski definition) is 1. The number of rotatable bonds is 6. The summed E-state index contributed by atoms with van der Waals surface area (Å²) in [6.07, 6.45) is 3.34. The van der Waals surface area contributed by atoms with Crippen molar-refractivity contribution in [3.8, 4) is 0 Å².